The molecule has 9 heteroatoms. The molecule has 4 aliphatic heterocycles. The fourth-order valence-electron chi connectivity index (χ4n) is 19.8. The van der Waals surface area contributed by atoms with Gasteiger partial charge in [0.05, 0.1) is 29.5 Å². The normalized spacial score (nSPS) is 46.3. The summed E-state index contributed by atoms with van der Waals surface area (Å²) < 4.78 is 14.3. The van der Waals surface area contributed by atoms with Crippen molar-refractivity contribution < 1.29 is 24.2 Å². The molecule has 0 aromatic carbocycles. The lowest BCUT2D eigenvalue weighted by atomic mass is 9.56. The summed E-state index contributed by atoms with van der Waals surface area (Å²) in [5.41, 5.74) is 10.5. The van der Waals surface area contributed by atoms with E-state index in [9.17, 15) is 14.7 Å². The number of hydrogen-bond donors (Lipinski definition) is 1. The molecule has 0 bridgehead atoms. The number of ether oxygens (including phenoxy) is 2. The molecule has 19 atom stereocenters. The Bertz CT molecular complexity index is 2220. The van der Waals surface area contributed by atoms with Crippen molar-refractivity contribution in [3.63, 3.8) is 0 Å². The van der Waals surface area contributed by atoms with Gasteiger partial charge in [0.15, 0.2) is 5.78 Å². The van der Waals surface area contributed by atoms with Crippen LogP contribution in [-0.2, 0) is 19.1 Å². The number of Topliss-reactive ketones (excluding diaryl/α,β-unsaturated/α-hetero) is 1. The van der Waals surface area contributed by atoms with Gasteiger partial charge in [0.2, 0.25) is 0 Å². The van der Waals surface area contributed by atoms with Crippen LogP contribution in [0.15, 0.2) is 45.6 Å². The van der Waals surface area contributed by atoms with Crippen LogP contribution < -0.4 is 0 Å². The number of allylic oxidation sites excluding steroid dienone is 5. The zero-order valence-electron chi connectivity index (χ0n) is 47.2. The number of rotatable bonds is 5. The standard InChI is InChI=1S/C30H46ClNO2.C30H44ClNO2.C4H8O.CH4/c2*1-18-13-27-28(32(17-18)12-11-31)20(3)30(34-27)10-8-23-24-6-5-21-14-22(33)7-9-29(21,4)26(24)15-25(23)19(2)16-30;1-3-4(2)5;/h5,18,20,22-24,26-28,33H,6-17H2,1-4H3;14,18,20,23-24,26-28H,5-13,15-17H2,1-4H3;3H2,1-2H3;1H4/t18-,20+,22-,23-,24?,26-,27+,28-,29-,30-;18-,20+,23-,24?,26-,27+,28-,29-,30-;;/m00../s1. The summed E-state index contributed by atoms with van der Waals surface area (Å²) in [6.45, 7) is 27.4. The Morgan fingerprint density at radius 3 is 1.73 bits per heavy atom. The van der Waals surface area contributed by atoms with Crippen LogP contribution in [0, 0.1) is 70.0 Å². The average molecular weight is 1060 g/mol. The molecule has 4 saturated carbocycles. The van der Waals surface area contributed by atoms with Gasteiger partial charge in [-0.2, -0.15) is 0 Å². The van der Waals surface area contributed by atoms with Crippen LogP contribution in [0.3, 0.4) is 0 Å². The Kier molecular flexibility index (Phi) is 17.3. The fraction of sp³-hybridized carbons (Fsp3) is 0.846. The number of nitrogens with zero attached hydrogens (tertiary/aromatic N) is 2. The van der Waals surface area contributed by atoms with Gasteiger partial charge in [0.25, 0.3) is 0 Å². The van der Waals surface area contributed by atoms with Gasteiger partial charge in [-0.1, -0.05) is 95.4 Å². The third-order valence-corrected chi connectivity index (χ3v) is 24.0. The van der Waals surface area contributed by atoms with E-state index >= 15 is 0 Å². The van der Waals surface area contributed by atoms with E-state index in [0.717, 1.165) is 99.4 Å². The number of aliphatic hydroxyl groups excluding tert-OH is 1. The van der Waals surface area contributed by atoms with E-state index in [1.54, 1.807) is 34.8 Å². The highest BCUT2D eigenvalue weighted by Gasteiger charge is 2.61. The molecule has 4 saturated heterocycles. The Hall–Kier alpha value is -1.32. The van der Waals surface area contributed by atoms with Gasteiger partial charge in [0, 0.05) is 74.7 Å². The minimum Gasteiger partial charge on any atom is -0.393 e. The predicted molar refractivity (Wildman–Crippen MR) is 305 cm³/mol. The van der Waals surface area contributed by atoms with E-state index in [1.165, 1.54) is 89.3 Å². The van der Waals surface area contributed by atoms with Crippen molar-refractivity contribution >= 4 is 34.8 Å². The molecule has 12 rings (SSSR count). The number of carbonyl (C=O) groups is 2. The van der Waals surface area contributed by atoms with Gasteiger partial charge in [-0.3, -0.25) is 14.6 Å². The average Bonchev–Trinajstić information content (AvgIpc) is 4.02. The Morgan fingerprint density at radius 2 is 1.22 bits per heavy atom. The predicted octanol–water partition coefficient (Wildman–Crippen LogP) is 14.5. The number of halogens is 2. The van der Waals surface area contributed by atoms with Crippen LogP contribution in [-0.4, -0.2) is 106 Å². The number of alkyl halides is 2. The summed E-state index contributed by atoms with van der Waals surface area (Å²) in [5.74, 6) is 9.10. The third kappa shape index (κ3) is 10.1. The maximum atomic E-state index is 12.2. The molecule has 1 N–H and O–H groups in total. The molecule has 7 nitrogen and oxygen atoms in total. The molecule has 74 heavy (non-hydrogen) atoms. The second kappa shape index (κ2) is 22.3. The highest BCUT2D eigenvalue weighted by atomic mass is 35.5. The van der Waals surface area contributed by atoms with Gasteiger partial charge in [-0.15, -0.1) is 23.2 Å². The van der Waals surface area contributed by atoms with Crippen molar-refractivity contribution in [3.8, 4) is 0 Å². The number of carbonyl (C=O) groups excluding carboxylic acids is 2. The summed E-state index contributed by atoms with van der Waals surface area (Å²) in [4.78, 5) is 27.3. The van der Waals surface area contributed by atoms with Crippen molar-refractivity contribution in [1.82, 2.24) is 9.80 Å². The van der Waals surface area contributed by atoms with E-state index in [4.69, 9.17) is 32.7 Å². The van der Waals surface area contributed by atoms with Crippen molar-refractivity contribution in [1.29, 1.82) is 0 Å². The van der Waals surface area contributed by atoms with Crippen molar-refractivity contribution in [2.75, 3.05) is 37.9 Å². The molecule has 8 aliphatic carbocycles. The number of piperidine rings is 2. The first-order chi connectivity index (χ1) is 34.8. The lowest BCUT2D eigenvalue weighted by Gasteiger charge is -2.49. The second-order valence-corrected chi connectivity index (χ2v) is 28.4. The molecular weight excluding hydrogens is 960 g/mol. The summed E-state index contributed by atoms with van der Waals surface area (Å²) in [6, 6.07) is 1.06. The SMILES string of the molecule is C.CC1=C2C[C@H]3C(CC=C4C[C@@H](O)CC[C@@]43C)[C@@H]2CC[C@@]2(C1)O[C@@H]1C[C@H](C)CN(CCCl)[C@H]1[C@H]2C.CC1=C2C[C@H]3C(CCC4=CC(=O)CC[C@@]43C)[C@@H]2CC[C@@]2(C1)O[C@@H]1C[C@H](C)CN(CCCl)[C@H]1[C@H]2C.CCC(C)=O. The van der Waals surface area contributed by atoms with Gasteiger partial charge >= 0.3 is 0 Å². The van der Waals surface area contributed by atoms with Crippen LogP contribution in [0.2, 0.25) is 0 Å². The van der Waals surface area contributed by atoms with Gasteiger partial charge in [0.1, 0.15) is 5.78 Å². The molecular formula is C65H102Cl2N2O5. The van der Waals surface area contributed by atoms with Crippen molar-refractivity contribution in [2.45, 2.75) is 240 Å². The minimum atomic E-state index is -0.116. The van der Waals surface area contributed by atoms with Crippen molar-refractivity contribution in [2.24, 2.45) is 70.0 Å². The zero-order chi connectivity index (χ0) is 51.9. The second-order valence-electron chi connectivity index (χ2n) is 27.7. The number of fused-ring (bicyclic) bond motifs is 12. The molecule has 12 aliphatic rings. The van der Waals surface area contributed by atoms with E-state index in [0.29, 0.717) is 71.5 Å². The van der Waals surface area contributed by atoms with Crippen LogP contribution in [0.4, 0.5) is 0 Å². The summed E-state index contributed by atoms with van der Waals surface area (Å²) in [7, 11) is 0. The summed E-state index contributed by atoms with van der Waals surface area (Å²) >= 11 is 12.5. The molecule has 0 aromatic rings. The topological polar surface area (TPSA) is 79.3 Å². The molecule has 4 heterocycles. The smallest absolute Gasteiger partial charge is 0.155 e. The molecule has 8 fully saturated rings. The van der Waals surface area contributed by atoms with Gasteiger partial charge in [-0.25, -0.2) is 0 Å². The molecule has 2 spiro atoms. The lowest BCUT2D eigenvalue weighted by molar-refractivity contribution is -0.117. The first kappa shape index (κ1) is 57.4. The van der Waals surface area contributed by atoms with Crippen LogP contribution >= 0.6 is 23.2 Å². The molecule has 2 unspecified atom stereocenters. The van der Waals surface area contributed by atoms with E-state index in [-0.39, 0.29) is 35.9 Å². The zero-order valence-corrected chi connectivity index (χ0v) is 48.7. The maximum absolute atomic E-state index is 12.2. The third-order valence-electron chi connectivity index (χ3n) is 23.7. The molecule has 0 aromatic heterocycles. The van der Waals surface area contributed by atoms with Crippen LogP contribution in [0.1, 0.15) is 199 Å². The monoisotopic (exact) mass is 1060 g/mol. The van der Waals surface area contributed by atoms with Gasteiger partial charge < -0.3 is 19.4 Å². The first-order valence-electron chi connectivity index (χ1n) is 30.2. The summed E-state index contributed by atoms with van der Waals surface area (Å²) in [6.07, 6.45) is 26.6. The maximum Gasteiger partial charge on any atom is 0.155 e. The summed E-state index contributed by atoms with van der Waals surface area (Å²) in [5, 5.41) is 10.3. The van der Waals surface area contributed by atoms with Crippen LogP contribution in [0.5, 0.6) is 0 Å². The highest BCUT2D eigenvalue weighted by molar-refractivity contribution is 6.18. The molecule has 0 radical (unpaired) electrons. The van der Waals surface area contributed by atoms with E-state index < -0.39 is 0 Å². The fourth-order valence-corrected chi connectivity index (χ4v) is 20.3. The number of likely N-dealkylation sites (tertiary alicyclic amines) is 2. The Morgan fingerprint density at radius 1 is 0.716 bits per heavy atom. The number of ketones is 2. The quantitative estimate of drug-likeness (QED) is 0.217. The van der Waals surface area contributed by atoms with E-state index in [2.05, 4.69) is 71.3 Å². The first-order valence-corrected chi connectivity index (χ1v) is 31.3. The van der Waals surface area contributed by atoms with Crippen LogP contribution in [0.25, 0.3) is 0 Å². The largest absolute Gasteiger partial charge is 0.393 e. The minimum absolute atomic E-state index is 0. The number of hydrogen-bond acceptors (Lipinski definition) is 7. The molecule has 0 amide bonds. The molecule has 416 valence electrons. The lowest BCUT2D eigenvalue weighted by Crippen LogP contribution is -2.52. The number of aliphatic hydroxyl groups is 1. The van der Waals surface area contributed by atoms with Crippen molar-refractivity contribution in [3.05, 3.63) is 45.6 Å². The highest BCUT2D eigenvalue weighted by Crippen LogP contribution is 2.66. The Labute approximate surface area is 460 Å². The van der Waals surface area contributed by atoms with Gasteiger partial charge in [-0.05, 0) is 194 Å². The van der Waals surface area contributed by atoms with E-state index in [1.807, 2.05) is 13.0 Å². The Balaban J connectivity index is 0.000000165.